The summed E-state index contributed by atoms with van der Waals surface area (Å²) in [5.41, 5.74) is 0.0553. The lowest BCUT2D eigenvalue weighted by atomic mass is 10.2. The highest BCUT2D eigenvalue weighted by Gasteiger charge is 2.17. The second kappa shape index (κ2) is 5.44. The molecule has 22 heavy (non-hydrogen) atoms. The molecule has 0 spiro atoms. The number of halogens is 3. The molecule has 0 unspecified atom stereocenters. The molecule has 0 fully saturated rings. The molecule has 1 aromatic heterocycles. The molecule has 0 aliphatic carbocycles. The van der Waals surface area contributed by atoms with Crippen LogP contribution in [0.1, 0.15) is 10.5 Å². The maximum Gasteiger partial charge on any atom is 0.276 e. The predicted molar refractivity (Wildman–Crippen MR) is 73.8 cm³/mol. The SMILES string of the molecule is O=C(Nc1ccc(F)c(F)c1F)c1cc2ccccc2nn1. The summed E-state index contributed by atoms with van der Waals surface area (Å²) in [4.78, 5) is 12.0. The minimum absolute atomic E-state index is 0.0668. The average molecular weight is 303 g/mol. The molecule has 3 aromatic rings. The van der Waals surface area contributed by atoms with Crippen molar-refractivity contribution in [1.29, 1.82) is 0 Å². The largest absolute Gasteiger partial charge is 0.318 e. The first-order valence-electron chi connectivity index (χ1n) is 6.23. The lowest BCUT2D eigenvalue weighted by Crippen LogP contribution is -2.16. The molecule has 4 nitrogen and oxygen atoms in total. The van der Waals surface area contributed by atoms with Gasteiger partial charge in [-0.05, 0) is 24.3 Å². The lowest BCUT2D eigenvalue weighted by molar-refractivity contribution is 0.102. The van der Waals surface area contributed by atoms with Crippen LogP contribution in [-0.4, -0.2) is 16.1 Å². The third kappa shape index (κ3) is 2.48. The quantitative estimate of drug-likeness (QED) is 0.739. The van der Waals surface area contributed by atoms with Crippen LogP contribution in [-0.2, 0) is 0 Å². The van der Waals surface area contributed by atoms with Crippen LogP contribution in [0.25, 0.3) is 10.9 Å². The van der Waals surface area contributed by atoms with E-state index in [0.717, 1.165) is 12.1 Å². The fourth-order valence-electron chi connectivity index (χ4n) is 1.90. The topological polar surface area (TPSA) is 54.9 Å². The number of anilines is 1. The first-order valence-corrected chi connectivity index (χ1v) is 6.23. The van der Waals surface area contributed by atoms with Crippen LogP contribution in [0, 0.1) is 17.5 Å². The summed E-state index contributed by atoms with van der Waals surface area (Å²) < 4.78 is 39.5. The van der Waals surface area contributed by atoms with Crippen LogP contribution in [0.5, 0.6) is 0 Å². The van der Waals surface area contributed by atoms with Crippen LogP contribution in [0.3, 0.4) is 0 Å². The molecule has 0 atom stereocenters. The van der Waals surface area contributed by atoms with Gasteiger partial charge in [0.15, 0.2) is 23.1 Å². The Bertz CT molecular complexity index is 883. The van der Waals surface area contributed by atoms with Crippen molar-refractivity contribution in [3.05, 3.63) is 65.6 Å². The molecule has 0 saturated carbocycles. The highest BCUT2D eigenvalue weighted by Crippen LogP contribution is 2.20. The van der Waals surface area contributed by atoms with E-state index in [0.29, 0.717) is 10.9 Å². The molecule has 1 amide bonds. The number of rotatable bonds is 2. The van der Waals surface area contributed by atoms with E-state index >= 15 is 0 Å². The van der Waals surface area contributed by atoms with Crippen LogP contribution >= 0.6 is 0 Å². The number of carbonyl (C=O) groups is 1. The van der Waals surface area contributed by atoms with Crippen molar-refractivity contribution >= 4 is 22.5 Å². The van der Waals surface area contributed by atoms with Gasteiger partial charge in [-0.25, -0.2) is 13.2 Å². The van der Waals surface area contributed by atoms with E-state index < -0.39 is 29.0 Å². The van der Waals surface area contributed by atoms with Crippen LogP contribution < -0.4 is 5.32 Å². The van der Waals surface area contributed by atoms with E-state index in [1.54, 1.807) is 24.3 Å². The van der Waals surface area contributed by atoms with Crippen molar-refractivity contribution in [3.8, 4) is 0 Å². The van der Waals surface area contributed by atoms with E-state index in [-0.39, 0.29) is 5.69 Å². The van der Waals surface area contributed by atoms with Crippen molar-refractivity contribution in [2.24, 2.45) is 0 Å². The summed E-state index contributed by atoms with van der Waals surface area (Å²) in [6, 6.07) is 10.1. The summed E-state index contributed by atoms with van der Waals surface area (Å²) in [5.74, 6) is -5.23. The first kappa shape index (κ1) is 14.0. The van der Waals surface area contributed by atoms with Crippen molar-refractivity contribution < 1.29 is 18.0 Å². The zero-order valence-electron chi connectivity index (χ0n) is 11.0. The number of hydrogen-bond donors (Lipinski definition) is 1. The Labute approximate surface area is 122 Å². The summed E-state index contributed by atoms with van der Waals surface area (Å²) in [5, 5.41) is 10.4. The molecule has 0 aliphatic rings. The van der Waals surface area contributed by atoms with Crippen molar-refractivity contribution in [3.63, 3.8) is 0 Å². The Kier molecular flexibility index (Phi) is 3.46. The van der Waals surface area contributed by atoms with E-state index in [9.17, 15) is 18.0 Å². The van der Waals surface area contributed by atoms with Crippen LogP contribution in [0.4, 0.5) is 18.9 Å². The summed E-state index contributed by atoms with van der Waals surface area (Å²) in [6.45, 7) is 0. The second-order valence-electron chi connectivity index (χ2n) is 4.47. The van der Waals surface area contributed by atoms with Gasteiger partial charge in [-0.3, -0.25) is 4.79 Å². The molecule has 2 aromatic carbocycles. The number of nitrogens with one attached hydrogen (secondary N) is 1. The maximum absolute atomic E-state index is 13.5. The number of fused-ring (bicyclic) bond motifs is 1. The second-order valence-corrected chi connectivity index (χ2v) is 4.47. The zero-order valence-corrected chi connectivity index (χ0v) is 11.0. The molecular weight excluding hydrogens is 295 g/mol. The van der Waals surface area contributed by atoms with Gasteiger partial charge in [-0.2, -0.15) is 0 Å². The molecule has 0 bridgehead atoms. The van der Waals surface area contributed by atoms with Gasteiger partial charge in [0, 0.05) is 5.39 Å². The number of benzene rings is 2. The number of hydrogen-bond acceptors (Lipinski definition) is 3. The van der Waals surface area contributed by atoms with Crippen molar-refractivity contribution in [1.82, 2.24) is 10.2 Å². The number of carbonyl (C=O) groups excluding carboxylic acids is 1. The third-order valence-corrected chi connectivity index (χ3v) is 3.01. The molecular formula is C15H8F3N3O. The molecule has 0 saturated heterocycles. The molecule has 1 heterocycles. The Morgan fingerprint density at radius 1 is 0.955 bits per heavy atom. The Balaban J connectivity index is 1.92. The average Bonchev–Trinajstić information content (AvgIpc) is 2.55. The first-order chi connectivity index (χ1) is 10.6. The molecule has 1 N–H and O–H groups in total. The van der Waals surface area contributed by atoms with E-state index in [1.807, 2.05) is 0 Å². The molecule has 0 aliphatic heterocycles. The fraction of sp³-hybridized carbons (Fsp3) is 0. The van der Waals surface area contributed by atoms with Crippen molar-refractivity contribution in [2.45, 2.75) is 0 Å². The Hall–Kier alpha value is -2.96. The van der Waals surface area contributed by atoms with Gasteiger partial charge in [-0.1, -0.05) is 18.2 Å². The van der Waals surface area contributed by atoms with Gasteiger partial charge in [-0.15, -0.1) is 10.2 Å². The monoisotopic (exact) mass is 303 g/mol. The van der Waals surface area contributed by atoms with Gasteiger partial charge in [0.25, 0.3) is 5.91 Å². The Morgan fingerprint density at radius 2 is 1.73 bits per heavy atom. The smallest absolute Gasteiger partial charge is 0.276 e. The standard InChI is InChI=1S/C15H8F3N3O/c16-9-5-6-11(14(18)13(9)17)19-15(22)12-7-8-3-1-2-4-10(8)20-21-12/h1-7H,(H,19,22). The summed E-state index contributed by atoms with van der Waals surface area (Å²) in [7, 11) is 0. The summed E-state index contributed by atoms with van der Waals surface area (Å²) >= 11 is 0. The van der Waals surface area contributed by atoms with E-state index in [1.165, 1.54) is 6.07 Å². The van der Waals surface area contributed by atoms with Gasteiger partial charge in [0.05, 0.1) is 11.2 Å². The van der Waals surface area contributed by atoms with Crippen molar-refractivity contribution in [2.75, 3.05) is 5.32 Å². The Morgan fingerprint density at radius 3 is 2.55 bits per heavy atom. The third-order valence-electron chi connectivity index (χ3n) is 3.01. The normalized spacial score (nSPS) is 10.7. The number of nitrogens with zero attached hydrogens (tertiary/aromatic N) is 2. The molecule has 110 valence electrons. The van der Waals surface area contributed by atoms with Gasteiger partial charge >= 0.3 is 0 Å². The van der Waals surface area contributed by atoms with E-state index in [2.05, 4.69) is 15.5 Å². The number of aromatic nitrogens is 2. The van der Waals surface area contributed by atoms with Crippen LogP contribution in [0.15, 0.2) is 42.5 Å². The number of amides is 1. The van der Waals surface area contributed by atoms with Gasteiger partial charge in [0.1, 0.15) is 0 Å². The highest BCUT2D eigenvalue weighted by molar-refractivity contribution is 6.04. The summed E-state index contributed by atoms with van der Waals surface area (Å²) in [6.07, 6.45) is 0. The predicted octanol–water partition coefficient (Wildman–Crippen LogP) is 3.30. The minimum atomic E-state index is -1.65. The molecule has 0 radical (unpaired) electrons. The van der Waals surface area contributed by atoms with Crippen LogP contribution in [0.2, 0.25) is 0 Å². The van der Waals surface area contributed by atoms with Gasteiger partial charge < -0.3 is 5.32 Å². The lowest BCUT2D eigenvalue weighted by Gasteiger charge is -2.07. The maximum atomic E-state index is 13.5. The molecule has 3 rings (SSSR count). The molecule has 7 heteroatoms. The fourth-order valence-corrected chi connectivity index (χ4v) is 1.90. The zero-order chi connectivity index (χ0) is 15.7. The van der Waals surface area contributed by atoms with E-state index in [4.69, 9.17) is 0 Å². The highest BCUT2D eigenvalue weighted by atomic mass is 19.2. The van der Waals surface area contributed by atoms with Gasteiger partial charge in [0.2, 0.25) is 0 Å². The minimum Gasteiger partial charge on any atom is -0.318 e.